The second-order valence-corrected chi connectivity index (χ2v) is 11.2. The summed E-state index contributed by atoms with van der Waals surface area (Å²) in [5, 5.41) is 8.52. The first-order valence-electron chi connectivity index (χ1n) is 13.3. The van der Waals surface area contributed by atoms with Crippen molar-refractivity contribution in [2.24, 2.45) is 0 Å². The van der Waals surface area contributed by atoms with Gasteiger partial charge in [-0.2, -0.15) is 0 Å². The summed E-state index contributed by atoms with van der Waals surface area (Å²) >= 11 is 1.75. The second kappa shape index (κ2) is 8.18. The van der Waals surface area contributed by atoms with E-state index in [1.54, 1.807) is 17.5 Å². The monoisotopic (exact) mass is 528 g/mol. The molecule has 0 unspecified atom stereocenters. The molecule has 5 aromatic carbocycles. The van der Waals surface area contributed by atoms with Crippen molar-refractivity contribution in [1.82, 2.24) is 19.5 Å². The van der Waals surface area contributed by atoms with Gasteiger partial charge in [0.15, 0.2) is 11.6 Å². The van der Waals surface area contributed by atoms with Gasteiger partial charge in [0.2, 0.25) is 0 Å². The molecule has 0 amide bonds. The molecule has 0 fully saturated rings. The van der Waals surface area contributed by atoms with Gasteiger partial charge in [-0.3, -0.25) is 9.55 Å². The van der Waals surface area contributed by atoms with Gasteiger partial charge in [0.1, 0.15) is 0 Å². The van der Waals surface area contributed by atoms with E-state index in [1.165, 1.54) is 37.0 Å². The Balaban J connectivity index is 1.52. The molecule has 9 rings (SSSR count). The first kappa shape index (κ1) is 21.8. The largest absolute Gasteiger partial charge is 0.292 e. The van der Waals surface area contributed by atoms with Crippen molar-refractivity contribution < 1.29 is 0 Å². The Morgan fingerprint density at radius 1 is 0.600 bits per heavy atom. The van der Waals surface area contributed by atoms with Crippen LogP contribution in [0.4, 0.5) is 0 Å². The molecule has 0 aliphatic heterocycles. The number of benzene rings is 5. The molecule has 0 radical (unpaired) electrons. The van der Waals surface area contributed by atoms with Gasteiger partial charge < -0.3 is 0 Å². The van der Waals surface area contributed by atoms with Crippen LogP contribution in [0, 0.1) is 0 Å². The highest BCUT2D eigenvalue weighted by Gasteiger charge is 2.22. The summed E-state index contributed by atoms with van der Waals surface area (Å²) in [6.07, 6.45) is 3.62. The van der Waals surface area contributed by atoms with E-state index in [0.29, 0.717) is 5.82 Å². The molecule has 40 heavy (non-hydrogen) atoms. The smallest absolute Gasteiger partial charge is 0.163 e. The molecule has 5 heteroatoms. The summed E-state index contributed by atoms with van der Waals surface area (Å²) in [5.41, 5.74) is 4.15. The zero-order valence-corrected chi connectivity index (χ0v) is 22.1. The van der Waals surface area contributed by atoms with Crippen molar-refractivity contribution in [3.8, 4) is 17.2 Å². The molecule has 0 bridgehead atoms. The number of fused-ring (bicyclic) bond motifs is 9. The zero-order chi connectivity index (χ0) is 26.2. The number of rotatable bonds is 2. The fourth-order valence-corrected chi connectivity index (χ4v) is 7.17. The first-order valence-corrected chi connectivity index (χ1v) is 14.1. The van der Waals surface area contributed by atoms with Gasteiger partial charge in [-0.05, 0) is 57.9 Å². The summed E-state index contributed by atoms with van der Waals surface area (Å²) in [4.78, 5) is 14.8. The molecule has 0 aliphatic carbocycles. The van der Waals surface area contributed by atoms with Gasteiger partial charge in [0.05, 0.1) is 21.3 Å². The third-order valence-electron chi connectivity index (χ3n) is 7.86. The molecule has 4 nitrogen and oxygen atoms in total. The van der Waals surface area contributed by atoms with Crippen LogP contribution in [0.1, 0.15) is 0 Å². The third-order valence-corrected chi connectivity index (χ3v) is 9.01. The van der Waals surface area contributed by atoms with Crippen LogP contribution in [0.3, 0.4) is 0 Å². The lowest BCUT2D eigenvalue weighted by atomic mass is 10.0. The lowest BCUT2D eigenvalue weighted by Crippen LogP contribution is -2.01. The normalized spacial score (nSPS) is 12.0. The van der Waals surface area contributed by atoms with Crippen molar-refractivity contribution in [3.05, 3.63) is 122 Å². The van der Waals surface area contributed by atoms with E-state index in [-0.39, 0.29) is 0 Å². The maximum Gasteiger partial charge on any atom is 0.163 e. The van der Waals surface area contributed by atoms with Crippen molar-refractivity contribution in [2.45, 2.75) is 0 Å². The number of thiophene rings is 1. The van der Waals surface area contributed by atoms with E-state index in [0.717, 1.165) is 38.0 Å². The number of aromatic nitrogens is 4. The molecular weight excluding hydrogens is 508 g/mol. The van der Waals surface area contributed by atoms with Crippen molar-refractivity contribution in [3.63, 3.8) is 0 Å². The Hall–Kier alpha value is -5.13. The van der Waals surface area contributed by atoms with Crippen molar-refractivity contribution in [2.75, 3.05) is 0 Å². The van der Waals surface area contributed by atoms with E-state index in [2.05, 4.69) is 107 Å². The molecule has 4 aromatic heterocycles. The molecule has 0 N–H and O–H groups in total. The Morgan fingerprint density at radius 2 is 1.38 bits per heavy atom. The van der Waals surface area contributed by atoms with E-state index < -0.39 is 0 Å². The van der Waals surface area contributed by atoms with E-state index in [9.17, 15) is 0 Å². The molecule has 186 valence electrons. The summed E-state index contributed by atoms with van der Waals surface area (Å²) in [6.45, 7) is 0. The maximum absolute atomic E-state index is 5.29. The van der Waals surface area contributed by atoms with Gasteiger partial charge in [-0.1, -0.05) is 72.8 Å². The number of hydrogen-bond donors (Lipinski definition) is 0. The Kier molecular flexibility index (Phi) is 4.45. The van der Waals surface area contributed by atoms with Crippen LogP contribution in [0.2, 0.25) is 0 Å². The average Bonchev–Trinajstić information content (AvgIpc) is 3.55. The van der Waals surface area contributed by atoms with Gasteiger partial charge in [0, 0.05) is 38.8 Å². The fourth-order valence-electron chi connectivity index (χ4n) is 6.05. The molecule has 0 saturated carbocycles. The summed E-state index contributed by atoms with van der Waals surface area (Å²) in [5.74, 6) is 1.58. The highest BCUT2D eigenvalue weighted by Crippen LogP contribution is 2.42. The predicted octanol–water partition coefficient (Wildman–Crippen LogP) is 9.31. The average molecular weight is 529 g/mol. The minimum atomic E-state index is 0.677. The van der Waals surface area contributed by atoms with Gasteiger partial charge in [-0.15, -0.1) is 11.3 Å². The Bertz CT molecular complexity index is 2440. The van der Waals surface area contributed by atoms with Crippen molar-refractivity contribution >= 4 is 75.0 Å². The highest BCUT2D eigenvalue weighted by molar-refractivity contribution is 7.26. The van der Waals surface area contributed by atoms with Crippen LogP contribution in [0.25, 0.3) is 80.9 Å². The summed E-state index contributed by atoms with van der Waals surface area (Å²) in [7, 11) is 0. The molecular formula is C35H20N4S. The van der Waals surface area contributed by atoms with Crippen LogP contribution < -0.4 is 0 Å². The van der Waals surface area contributed by atoms with Crippen LogP contribution in [0.15, 0.2) is 122 Å². The molecule has 0 atom stereocenters. The second-order valence-electron chi connectivity index (χ2n) is 10.1. The Morgan fingerprint density at radius 3 is 2.23 bits per heavy atom. The molecule has 0 saturated heterocycles. The fraction of sp³-hybridized carbons (Fsp3) is 0. The summed E-state index contributed by atoms with van der Waals surface area (Å²) in [6, 6.07) is 38.8. The first-order chi connectivity index (χ1) is 19.8. The number of pyridine rings is 1. The quantitative estimate of drug-likeness (QED) is 0.225. The highest BCUT2D eigenvalue weighted by atomic mass is 32.1. The standard InChI is InChI=1S/C35H20N4S/c1-2-10-23-19-29-27(18-22(23)9-1)31-25-12-4-3-8-21(25)15-16-28(31)39(29)35-33-32(26-13-5-6-14-30(26)40-33)37-34(38-35)24-11-7-17-36-20-24/h1-20H. The molecule has 0 aliphatic rings. The minimum absolute atomic E-state index is 0.677. The lowest BCUT2D eigenvalue weighted by molar-refractivity contribution is 1.08. The third kappa shape index (κ3) is 3.04. The zero-order valence-electron chi connectivity index (χ0n) is 21.2. The van der Waals surface area contributed by atoms with E-state index in [4.69, 9.17) is 9.97 Å². The molecule has 4 heterocycles. The number of nitrogens with zero attached hydrogens (tertiary/aromatic N) is 4. The van der Waals surface area contributed by atoms with Gasteiger partial charge in [-0.25, -0.2) is 9.97 Å². The van der Waals surface area contributed by atoms with Gasteiger partial charge >= 0.3 is 0 Å². The van der Waals surface area contributed by atoms with E-state index in [1.807, 2.05) is 18.3 Å². The van der Waals surface area contributed by atoms with Crippen LogP contribution in [-0.2, 0) is 0 Å². The van der Waals surface area contributed by atoms with Crippen molar-refractivity contribution in [1.29, 1.82) is 0 Å². The predicted molar refractivity (Wildman–Crippen MR) is 168 cm³/mol. The van der Waals surface area contributed by atoms with Crippen LogP contribution in [0.5, 0.6) is 0 Å². The lowest BCUT2D eigenvalue weighted by Gasteiger charge is -2.11. The topological polar surface area (TPSA) is 43.6 Å². The molecule has 9 aromatic rings. The SMILES string of the molecule is c1cncc(-c2nc(-n3c4cc5ccccc5cc4c4c5ccccc5ccc43)c3sc4ccccc4c3n2)c1. The van der Waals surface area contributed by atoms with E-state index >= 15 is 0 Å². The van der Waals surface area contributed by atoms with Crippen LogP contribution >= 0.6 is 11.3 Å². The van der Waals surface area contributed by atoms with Gasteiger partial charge in [0.25, 0.3) is 0 Å². The summed E-state index contributed by atoms with van der Waals surface area (Å²) < 4.78 is 4.63. The minimum Gasteiger partial charge on any atom is -0.292 e. The van der Waals surface area contributed by atoms with Crippen LogP contribution in [-0.4, -0.2) is 19.5 Å². The maximum atomic E-state index is 5.29. The molecule has 0 spiro atoms. The number of hydrogen-bond acceptors (Lipinski definition) is 4. The Labute approximate surface area is 232 Å².